The van der Waals surface area contributed by atoms with E-state index in [9.17, 15) is 0 Å². The van der Waals surface area contributed by atoms with Crippen LogP contribution in [0.2, 0.25) is 0 Å². The summed E-state index contributed by atoms with van der Waals surface area (Å²) >= 11 is 0. The first-order valence-electron chi connectivity index (χ1n) is 6.98. The van der Waals surface area contributed by atoms with Crippen LogP contribution in [0.3, 0.4) is 0 Å². The van der Waals surface area contributed by atoms with E-state index in [0.29, 0.717) is 0 Å². The van der Waals surface area contributed by atoms with Gasteiger partial charge in [0, 0.05) is 19.1 Å². The molecule has 2 rings (SSSR count). The summed E-state index contributed by atoms with van der Waals surface area (Å²) in [5, 5.41) is 12.6. The van der Waals surface area contributed by atoms with Crippen molar-refractivity contribution in [1.82, 2.24) is 10.2 Å². The summed E-state index contributed by atoms with van der Waals surface area (Å²) in [5.41, 5.74) is -0.148. The van der Waals surface area contributed by atoms with Crippen molar-refractivity contribution < 1.29 is 0 Å². The van der Waals surface area contributed by atoms with Gasteiger partial charge in [0.2, 0.25) is 0 Å². The van der Waals surface area contributed by atoms with Crippen molar-refractivity contribution in [3.63, 3.8) is 0 Å². The number of piperidine rings is 1. The Hall–Kier alpha value is -0.590. The fraction of sp³-hybridized carbons (Fsp3) is 0.929. The van der Waals surface area contributed by atoms with Gasteiger partial charge in [-0.3, -0.25) is 0 Å². The van der Waals surface area contributed by atoms with Crippen LogP contribution in [0.4, 0.5) is 0 Å². The summed E-state index contributed by atoms with van der Waals surface area (Å²) in [7, 11) is 0. The van der Waals surface area contributed by atoms with Crippen molar-refractivity contribution in [3.05, 3.63) is 0 Å². The van der Waals surface area contributed by atoms with Gasteiger partial charge in [-0.15, -0.1) is 0 Å². The lowest BCUT2D eigenvalue weighted by Gasteiger charge is -2.24. The van der Waals surface area contributed by atoms with Crippen molar-refractivity contribution in [3.8, 4) is 6.07 Å². The first-order chi connectivity index (χ1) is 8.11. The number of nitrogens with zero attached hydrogens (tertiary/aromatic N) is 2. The van der Waals surface area contributed by atoms with Crippen LogP contribution in [0.1, 0.15) is 39.5 Å². The van der Waals surface area contributed by atoms with E-state index in [4.69, 9.17) is 5.26 Å². The van der Waals surface area contributed by atoms with E-state index in [1.165, 1.54) is 39.0 Å². The molecule has 2 heterocycles. The Balaban J connectivity index is 1.70. The maximum Gasteiger partial charge on any atom is 0.0683 e. The highest BCUT2D eigenvalue weighted by atomic mass is 15.2. The quantitative estimate of drug-likeness (QED) is 0.810. The summed E-state index contributed by atoms with van der Waals surface area (Å²) in [4.78, 5) is 2.58. The second-order valence-corrected chi connectivity index (χ2v) is 6.32. The average molecular weight is 235 g/mol. The molecule has 2 aliphatic heterocycles. The number of likely N-dealkylation sites (tertiary alicyclic amines) is 1. The lowest BCUT2D eigenvalue weighted by molar-refractivity contribution is 0.294. The molecule has 1 N–H and O–H groups in total. The highest BCUT2D eigenvalue weighted by Crippen LogP contribution is 2.26. The standard InChI is InChI=1S/C14H25N3/c1-14(2,11-15)6-4-8-17-9-12-5-3-7-16-13(12)10-17/h12-13,16H,3-10H2,1-2H3/t12-,13+/m0/s1. The molecule has 0 amide bonds. The van der Waals surface area contributed by atoms with Crippen molar-refractivity contribution >= 4 is 0 Å². The van der Waals surface area contributed by atoms with Gasteiger partial charge in [-0.25, -0.2) is 0 Å². The van der Waals surface area contributed by atoms with Gasteiger partial charge < -0.3 is 10.2 Å². The molecule has 17 heavy (non-hydrogen) atoms. The molecule has 0 spiro atoms. The topological polar surface area (TPSA) is 39.1 Å². The molecule has 0 radical (unpaired) electrons. The first kappa shape index (κ1) is 12.9. The maximum absolute atomic E-state index is 8.98. The molecule has 2 aliphatic rings. The monoisotopic (exact) mass is 235 g/mol. The SMILES string of the molecule is CC(C)(C#N)CCCN1C[C@@H]2CCCN[C@@H]2C1. The van der Waals surface area contributed by atoms with Crippen LogP contribution >= 0.6 is 0 Å². The molecule has 0 aromatic rings. The van der Waals surface area contributed by atoms with Crippen LogP contribution in [-0.4, -0.2) is 37.1 Å². The number of hydrogen-bond donors (Lipinski definition) is 1. The van der Waals surface area contributed by atoms with Gasteiger partial charge in [-0.05, 0) is 58.5 Å². The Morgan fingerprint density at radius 1 is 1.41 bits per heavy atom. The van der Waals surface area contributed by atoms with Crippen LogP contribution in [0, 0.1) is 22.7 Å². The Kier molecular flexibility index (Phi) is 4.06. The second kappa shape index (κ2) is 5.37. The van der Waals surface area contributed by atoms with Crippen LogP contribution in [-0.2, 0) is 0 Å². The van der Waals surface area contributed by atoms with Gasteiger partial charge in [0.15, 0.2) is 0 Å². The molecule has 0 unspecified atom stereocenters. The van der Waals surface area contributed by atoms with Crippen LogP contribution in [0.5, 0.6) is 0 Å². The molecule has 0 saturated carbocycles. The molecule has 2 atom stereocenters. The molecule has 0 aliphatic carbocycles. The van der Waals surface area contributed by atoms with Crippen LogP contribution < -0.4 is 5.32 Å². The summed E-state index contributed by atoms with van der Waals surface area (Å²) in [6.45, 7) is 8.94. The van der Waals surface area contributed by atoms with Gasteiger partial charge in [-0.1, -0.05) is 0 Å². The third-order valence-corrected chi connectivity index (χ3v) is 4.25. The zero-order valence-corrected chi connectivity index (χ0v) is 11.2. The molecular weight excluding hydrogens is 210 g/mol. The van der Waals surface area contributed by atoms with Crippen molar-refractivity contribution in [2.24, 2.45) is 11.3 Å². The molecule has 2 fully saturated rings. The summed E-state index contributed by atoms with van der Waals surface area (Å²) in [5.74, 6) is 0.882. The zero-order valence-electron chi connectivity index (χ0n) is 11.2. The predicted molar refractivity (Wildman–Crippen MR) is 69.6 cm³/mol. The lowest BCUT2D eigenvalue weighted by atomic mass is 9.90. The molecule has 0 aromatic heterocycles. The molecule has 96 valence electrons. The maximum atomic E-state index is 8.98. The van der Waals surface area contributed by atoms with Gasteiger partial charge in [0.1, 0.15) is 0 Å². The van der Waals surface area contributed by atoms with E-state index < -0.39 is 0 Å². The fourth-order valence-corrected chi connectivity index (χ4v) is 3.12. The van der Waals surface area contributed by atoms with Gasteiger partial charge in [-0.2, -0.15) is 5.26 Å². The molecular formula is C14H25N3. The second-order valence-electron chi connectivity index (χ2n) is 6.32. The van der Waals surface area contributed by atoms with Crippen molar-refractivity contribution in [1.29, 1.82) is 5.26 Å². The zero-order chi connectivity index (χ0) is 12.3. The third kappa shape index (κ3) is 3.43. The molecule has 3 heteroatoms. The van der Waals surface area contributed by atoms with Gasteiger partial charge in [0.05, 0.1) is 11.5 Å². The van der Waals surface area contributed by atoms with E-state index in [1.54, 1.807) is 0 Å². The van der Waals surface area contributed by atoms with E-state index >= 15 is 0 Å². The average Bonchev–Trinajstić information content (AvgIpc) is 2.71. The Bertz CT molecular complexity index is 278. The fourth-order valence-electron chi connectivity index (χ4n) is 3.12. The van der Waals surface area contributed by atoms with Gasteiger partial charge >= 0.3 is 0 Å². The minimum atomic E-state index is -0.148. The van der Waals surface area contributed by atoms with E-state index in [2.05, 4.69) is 16.3 Å². The summed E-state index contributed by atoms with van der Waals surface area (Å²) in [6, 6.07) is 3.13. The number of rotatable bonds is 4. The third-order valence-electron chi connectivity index (χ3n) is 4.25. The minimum absolute atomic E-state index is 0.148. The van der Waals surface area contributed by atoms with Crippen LogP contribution in [0.25, 0.3) is 0 Å². The van der Waals surface area contributed by atoms with Crippen molar-refractivity contribution in [2.75, 3.05) is 26.2 Å². The number of fused-ring (bicyclic) bond motifs is 1. The molecule has 0 aromatic carbocycles. The Labute approximate surface area is 105 Å². The lowest BCUT2D eigenvalue weighted by Crippen LogP contribution is -2.40. The number of nitrogens with one attached hydrogen (secondary N) is 1. The van der Waals surface area contributed by atoms with Crippen molar-refractivity contribution in [2.45, 2.75) is 45.6 Å². The van der Waals surface area contributed by atoms with Gasteiger partial charge in [0.25, 0.3) is 0 Å². The molecule has 0 bridgehead atoms. The first-order valence-corrected chi connectivity index (χ1v) is 6.98. The highest BCUT2D eigenvalue weighted by molar-refractivity contribution is 4.93. The number of hydrogen-bond acceptors (Lipinski definition) is 3. The minimum Gasteiger partial charge on any atom is -0.312 e. The summed E-state index contributed by atoms with van der Waals surface area (Å²) in [6.07, 6.45) is 4.91. The van der Waals surface area contributed by atoms with E-state index in [-0.39, 0.29) is 5.41 Å². The van der Waals surface area contributed by atoms with E-state index in [0.717, 1.165) is 24.8 Å². The molecule has 3 nitrogen and oxygen atoms in total. The smallest absolute Gasteiger partial charge is 0.0683 e. The Morgan fingerprint density at radius 2 is 2.24 bits per heavy atom. The summed E-state index contributed by atoms with van der Waals surface area (Å²) < 4.78 is 0. The van der Waals surface area contributed by atoms with Crippen LogP contribution in [0.15, 0.2) is 0 Å². The Morgan fingerprint density at radius 3 is 2.94 bits per heavy atom. The predicted octanol–water partition coefficient (Wildman–Crippen LogP) is 2.00. The normalized spacial score (nSPS) is 29.9. The largest absolute Gasteiger partial charge is 0.312 e. The highest BCUT2D eigenvalue weighted by Gasteiger charge is 2.33. The molecule has 2 saturated heterocycles. The van der Waals surface area contributed by atoms with E-state index in [1.807, 2.05) is 13.8 Å². The number of nitriles is 1.